The summed E-state index contributed by atoms with van der Waals surface area (Å²) in [6.07, 6.45) is 2.13. The van der Waals surface area contributed by atoms with E-state index in [1.807, 2.05) is 38.6 Å². The van der Waals surface area contributed by atoms with Crippen LogP contribution in [0.25, 0.3) is 0 Å². The summed E-state index contributed by atoms with van der Waals surface area (Å²) < 4.78 is 12.8. The molecular formula is C15H17NO2S3. The van der Waals surface area contributed by atoms with E-state index < -0.39 is 10.8 Å². The van der Waals surface area contributed by atoms with Crippen LogP contribution in [0.3, 0.4) is 0 Å². The maximum absolute atomic E-state index is 12.8. The molecule has 0 spiro atoms. The summed E-state index contributed by atoms with van der Waals surface area (Å²) in [5, 5.41) is 7.86. The zero-order chi connectivity index (χ0) is 14.7. The van der Waals surface area contributed by atoms with Gasteiger partial charge in [-0.25, -0.2) is 0 Å². The first-order valence-electron chi connectivity index (χ1n) is 6.95. The third-order valence-electron chi connectivity index (χ3n) is 3.68. The first-order valence-corrected chi connectivity index (χ1v) is 10.2. The molecule has 1 saturated heterocycles. The SMILES string of the molecule is O=C(CS(=O)C(c1ccsc1)c1ccsc1)N1CCCC1. The van der Waals surface area contributed by atoms with E-state index in [0.29, 0.717) is 0 Å². The zero-order valence-electron chi connectivity index (χ0n) is 11.6. The first-order chi connectivity index (χ1) is 10.3. The average Bonchev–Trinajstić information content (AvgIpc) is 3.23. The number of hydrogen-bond acceptors (Lipinski definition) is 4. The quantitative estimate of drug-likeness (QED) is 0.838. The van der Waals surface area contributed by atoms with Crippen molar-refractivity contribution in [2.45, 2.75) is 18.1 Å². The van der Waals surface area contributed by atoms with Crippen molar-refractivity contribution in [1.29, 1.82) is 0 Å². The fourth-order valence-electron chi connectivity index (χ4n) is 2.61. The van der Waals surface area contributed by atoms with Gasteiger partial charge in [0.2, 0.25) is 5.91 Å². The molecule has 3 nitrogen and oxygen atoms in total. The Balaban J connectivity index is 1.77. The monoisotopic (exact) mass is 339 g/mol. The van der Waals surface area contributed by atoms with Crippen LogP contribution < -0.4 is 0 Å². The van der Waals surface area contributed by atoms with E-state index in [1.165, 1.54) is 0 Å². The second-order valence-electron chi connectivity index (χ2n) is 5.11. The maximum atomic E-state index is 12.8. The van der Waals surface area contributed by atoms with Crippen molar-refractivity contribution >= 4 is 39.4 Å². The fraction of sp³-hybridized carbons (Fsp3) is 0.400. The minimum absolute atomic E-state index is 0.0290. The highest BCUT2D eigenvalue weighted by molar-refractivity contribution is 7.86. The Labute approximate surface area is 135 Å². The number of likely N-dealkylation sites (tertiary alicyclic amines) is 1. The third-order valence-corrected chi connectivity index (χ3v) is 6.68. The summed E-state index contributed by atoms with van der Waals surface area (Å²) in [6.45, 7) is 1.63. The highest BCUT2D eigenvalue weighted by atomic mass is 32.2. The van der Waals surface area contributed by atoms with E-state index in [-0.39, 0.29) is 16.9 Å². The molecule has 1 unspecified atom stereocenters. The van der Waals surface area contributed by atoms with Crippen molar-refractivity contribution in [3.05, 3.63) is 44.8 Å². The molecule has 2 aromatic heterocycles. The van der Waals surface area contributed by atoms with Crippen LogP contribution in [-0.2, 0) is 15.6 Å². The van der Waals surface area contributed by atoms with Gasteiger partial charge in [-0.1, -0.05) is 0 Å². The number of amides is 1. The molecule has 3 heterocycles. The van der Waals surface area contributed by atoms with Crippen molar-refractivity contribution in [2.75, 3.05) is 18.8 Å². The standard InChI is InChI=1S/C15H17NO2S3/c17-14(16-5-1-2-6-16)11-21(18)15(12-3-7-19-9-12)13-4-8-20-10-13/h3-4,7-10,15H,1-2,5-6,11H2. The summed E-state index contributed by atoms with van der Waals surface area (Å²) in [4.78, 5) is 14.1. The highest BCUT2D eigenvalue weighted by Gasteiger charge is 2.27. The Morgan fingerprint density at radius 1 is 1.14 bits per heavy atom. The van der Waals surface area contributed by atoms with Crippen molar-refractivity contribution < 1.29 is 9.00 Å². The molecule has 0 N–H and O–H groups in total. The van der Waals surface area contributed by atoms with Gasteiger partial charge in [0.15, 0.2) is 0 Å². The van der Waals surface area contributed by atoms with E-state index >= 15 is 0 Å². The largest absolute Gasteiger partial charge is 0.342 e. The number of carbonyl (C=O) groups is 1. The summed E-state index contributed by atoms with van der Waals surface area (Å²) in [5.41, 5.74) is 2.09. The van der Waals surface area contributed by atoms with Crippen molar-refractivity contribution in [1.82, 2.24) is 4.90 Å². The maximum Gasteiger partial charge on any atom is 0.235 e. The number of rotatable bonds is 5. The van der Waals surface area contributed by atoms with Gasteiger partial charge in [0.1, 0.15) is 5.75 Å². The van der Waals surface area contributed by atoms with Crippen molar-refractivity contribution in [3.8, 4) is 0 Å². The molecule has 1 amide bonds. The molecule has 112 valence electrons. The van der Waals surface area contributed by atoms with E-state index in [4.69, 9.17) is 0 Å². The Morgan fingerprint density at radius 2 is 1.71 bits per heavy atom. The van der Waals surface area contributed by atoms with Gasteiger partial charge in [-0.3, -0.25) is 9.00 Å². The summed E-state index contributed by atoms with van der Waals surface area (Å²) in [6, 6.07) is 4.01. The van der Waals surface area contributed by atoms with Crippen molar-refractivity contribution in [2.24, 2.45) is 0 Å². The van der Waals surface area contributed by atoms with Gasteiger partial charge < -0.3 is 4.90 Å². The number of nitrogens with zero attached hydrogens (tertiary/aromatic N) is 1. The van der Waals surface area contributed by atoms with Gasteiger partial charge in [0, 0.05) is 23.9 Å². The molecule has 0 aromatic carbocycles. The van der Waals surface area contributed by atoms with Gasteiger partial charge >= 0.3 is 0 Å². The lowest BCUT2D eigenvalue weighted by atomic mass is 10.1. The second kappa shape index (κ2) is 6.85. The number of thiophene rings is 2. The normalized spacial score (nSPS) is 16.5. The number of hydrogen-bond donors (Lipinski definition) is 0. The molecule has 1 atom stereocenters. The van der Waals surface area contributed by atoms with Gasteiger partial charge in [-0.15, -0.1) is 0 Å². The predicted octanol–water partition coefficient (Wildman–Crippen LogP) is 3.27. The Bertz CT molecular complexity index is 567. The molecule has 0 aliphatic carbocycles. The van der Waals surface area contributed by atoms with E-state index in [1.54, 1.807) is 22.7 Å². The average molecular weight is 340 g/mol. The molecule has 3 rings (SSSR count). The Hall–Kier alpha value is -0.980. The van der Waals surface area contributed by atoms with Crippen molar-refractivity contribution in [3.63, 3.8) is 0 Å². The van der Waals surface area contributed by atoms with Crippen LogP contribution in [-0.4, -0.2) is 33.9 Å². The minimum atomic E-state index is -1.22. The molecular weight excluding hydrogens is 322 g/mol. The summed E-state index contributed by atoms with van der Waals surface area (Å²) in [7, 11) is -1.22. The van der Waals surface area contributed by atoms with E-state index in [2.05, 4.69) is 0 Å². The van der Waals surface area contributed by atoms with Gasteiger partial charge in [-0.05, 0) is 57.6 Å². The number of carbonyl (C=O) groups excluding carboxylic acids is 1. The molecule has 0 radical (unpaired) electrons. The van der Waals surface area contributed by atoms with Crippen LogP contribution in [0, 0.1) is 0 Å². The van der Waals surface area contributed by atoms with Crippen LogP contribution in [0.2, 0.25) is 0 Å². The predicted molar refractivity (Wildman–Crippen MR) is 89.3 cm³/mol. The van der Waals surface area contributed by atoms with Gasteiger partial charge in [-0.2, -0.15) is 22.7 Å². The third kappa shape index (κ3) is 3.44. The van der Waals surface area contributed by atoms with Crippen LogP contribution in [0.1, 0.15) is 29.2 Å². The molecule has 1 aliphatic heterocycles. The topological polar surface area (TPSA) is 37.4 Å². The molecule has 21 heavy (non-hydrogen) atoms. The zero-order valence-corrected chi connectivity index (χ0v) is 14.0. The van der Waals surface area contributed by atoms with Crippen LogP contribution >= 0.6 is 22.7 Å². The lowest BCUT2D eigenvalue weighted by Crippen LogP contribution is -2.32. The molecule has 0 bridgehead atoms. The smallest absolute Gasteiger partial charge is 0.235 e. The fourth-order valence-corrected chi connectivity index (χ4v) is 5.64. The summed E-state index contributed by atoms with van der Waals surface area (Å²) in [5.74, 6) is 0.150. The second-order valence-corrected chi connectivity index (χ2v) is 8.19. The summed E-state index contributed by atoms with van der Waals surface area (Å²) >= 11 is 3.20. The molecule has 1 aliphatic rings. The first kappa shape index (κ1) is 14.9. The van der Waals surface area contributed by atoms with E-state index in [9.17, 15) is 9.00 Å². The Kier molecular flexibility index (Phi) is 4.87. The van der Waals surface area contributed by atoms with E-state index in [0.717, 1.165) is 37.1 Å². The van der Waals surface area contributed by atoms with Gasteiger partial charge in [0.05, 0.1) is 5.25 Å². The molecule has 6 heteroatoms. The van der Waals surface area contributed by atoms with Crippen LogP contribution in [0.15, 0.2) is 33.7 Å². The molecule has 2 aromatic rings. The molecule has 1 fully saturated rings. The molecule has 0 saturated carbocycles. The van der Waals surface area contributed by atoms with Crippen LogP contribution in [0.5, 0.6) is 0 Å². The lowest BCUT2D eigenvalue weighted by Gasteiger charge is -2.18. The minimum Gasteiger partial charge on any atom is -0.342 e. The lowest BCUT2D eigenvalue weighted by molar-refractivity contribution is -0.127. The highest BCUT2D eigenvalue weighted by Crippen LogP contribution is 2.31. The van der Waals surface area contributed by atoms with Gasteiger partial charge in [0.25, 0.3) is 0 Å². The van der Waals surface area contributed by atoms with Crippen LogP contribution in [0.4, 0.5) is 0 Å². The Morgan fingerprint density at radius 3 is 2.19 bits per heavy atom.